The molecule has 1 fully saturated rings. The molecule has 1 aromatic carbocycles. The molecule has 8 nitrogen and oxygen atoms in total. The maximum Gasteiger partial charge on any atom is 0.273 e. The minimum Gasteiger partial charge on any atom is -0.389 e. The molecular weight excluding hydrogens is 409 g/mol. The molecule has 28 heavy (non-hydrogen) atoms. The molecule has 2 unspecified atom stereocenters. The van der Waals surface area contributed by atoms with Crippen LogP contribution in [0.4, 0.5) is 15.8 Å². The van der Waals surface area contributed by atoms with Crippen molar-refractivity contribution in [1.29, 1.82) is 0 Å². The fourth-order valence-corrected chi connectivity index (χ4v) is 5.62. The number of aliphatic hydroxyl groups is 2. The van der Waals surface area contributed by atoms with E-state index in [-0.39, 0.29) is 28.4 Å². The molecule has 148 valence electrons. The van der Waals surface area contributed by atoms with Crippen LogP contribution < -0.4 is 15.2 Å². The lowest BCUT2D eigenvalue weighted by molar-refractivity contribution is 0.0572. The number of hydrogen-bond donors (Lipinski definition) is 4. The Labute approximate surface area is 162 Å². The van der Waals surface area contributed by atoms with Gasteiger partial charge in [0.15, 0.2) is 4.21 Å². The van der Waals surface area contributed by atoms with Crippen LogP contribution in [-0.4, -0.2) is 48.9 Å². The van der Waals surface area contributed by atoms with Crippen molar-refractivity contribution < 1.29 is 23.0 Å². The molecule has 0 saturated carbocycles. The first-order valence-electron chi connectivity index (χ1n) is 8.28. The molecule has 1 aliphatic rings. The number of hydrogen-bond acceptors (Lipinski definition) is 7. The van der Waals surface area contributed by atoms with E-state index in [0.29, 0.717) is 11.1 Å². The second-order valence-corrected chi connectivity index (χ2v) is 9.26. The molecule has 0 aliphatic carbocycles. The van der Waals surface area contributed by atoms with Crippen LogP contribution in [0, 0.1) is 5.82 Å². The van der Waals surface area contributed by atoms with Gasteiger partial charge >= 0.3 is 0 Å². The number of β-amino-alcohol motifs (C(OH)–C–C–N with tert-alkyl or cyclic N) is 2. The lowest BCUT2D eigenvalue weighted by atomic mass is 10.1. The van der Waals surface area contributed by atoms with E-state index in [0.717, 1.165) is 23.5 Å². The Morgan fingerprint density at radius 1 is 1.21 bits per heavy atom. The summed E-state index contributed by atoms with van der Waals surface area (Å²) >= 11 is 0.932. The van der Waals surface area contributed by atoms with E-state index in [4.69, 9.17) is 0 Å². The van der Waals surface area contributed by atoms with Crippen molar-refractivity contribution in [1.82, 2.24) is 4.98 Å². The minimum atomic E-state index is -4.17. The highest BCUT2D eigenvalue weighted by molar-refractivity contribution is 7.94. The summed E-state index contributed by atoms with van der Waals surface area (Å²) in [7, 11) is -4.17. The standard InChI is InChI=1S/C17H16FN3O5S2/c18-11-5-9-1-3-19-16(24)10(9)6-12(11)20-28(25,26)17-13(2-4-27-17)21-7-14(22)15(23)8-21/h1-6,14-15,20,22-23H,7-8H2,(H,19,24). The number of aromatic nitrogens is 1. The Balaban J connectivity index is 1.71. The predicted molar refractivity (Wildman–Crippen MR) is 104 cm³/mol. The van der Waals surface area contributed by atoms with Gasteiger partial charge in [-0.15, -0.1) is 11.3 Å². The Morgan fingerprint density at radius 3 is 2.64 bits per heavy atom. The second kappa shape index (κ2) is 6.85. The summed E-state index contributed by atoms with van der Waals surface area (Å²) < 4.78 is 42.3. The molecule has 2 atom stereocenters. The predicted octanol–water partition coefficient (Wildman–Crippen LogP) is 1.07. The van der Waals surface area contributed by atoms with Gasteiger partial charge in [-0.3, -0.25) is 9.52 Å². The number of anilines is 2. The zero-order valence-electron chi connectivity index (χ0n) is 14.3. The first kappa shape index (κ1) is 18.9. The van der Waals surface area contributed by atoms with Crippen LogP contribution in [0.1, 0.15) is 0 Å². The normalized spacial score (nSPS) is 20.0. The second-order valence-electron chi connectivity index (χ2n) is 6.46. The average Bonchev–Trinajstić information content (AvgIpc) is 3.24. The van der Waals surface area contributed by atoms with E-state index >= 15 is 0 Å². The summed E-state index contributed by atoms with van der Waals surface area (Å²) in [4.78, 5) is 15.9. The lowest BCUT2D eigenvalue weighted by Gasteiger charge is -2.18. The van der Waals surface area contributed by atoms with Crippen LogP contribution in [0.15, 0.2) is 44.8 Å². The van der Waals surface area contributed by atoms with Crippen LogP contribution in [0.5, 0.6) is 0 Å². The average molecular weight is 425 g/mol. The maximum atomic E-state index is 14.4. The van der Waals surface area contributed by atoms with E-state index < -0.39 is 33.6 Å². The molecule has 1 aliphatic heterocycles. The molecule has 3 aromatic rings. The number of rotatable bonds is 4. The Morgan fingerprint density at radius 2 is 1.93 bits per heavy atom. The van der Waals surface area contributed by atoms with Gasteiger partial charge in [0.1, 0.15) is 5.82 Å². The largest absolute Gasteiger partial charge is 0.389 e. The number of nitrogens with one attached hydrogen (secondary N) is 2. The van der Waals surface area contributed by atoms with E-state index in [2.05, 4.69) is 9.71 Å². The summed E-state index contributed by atoms with van der Waals surface area (Å²) in [5.74, 6) is -0.813. The van der Waals surface area contributed by atoms with Gasteiger partial charge in [-0.2, -0.15) is 0 Å². The van der Waals surface area contributed by atoms with Crippen molar-refractivity contribution in [3.05, 3.63) is 52.0 Å². The fraction of sp³-hybridized carbons (Fsp3) is 0.235. The Hall–Kier alpha value is -2.47. The highest BCUT2D eigenvalue weighted by atomic mass is 32.2. The number of halogens is 1. The zero-order valence-corrected chi connectivity index (χ0v) is 15.9. The van der Waals surface area contributed by atoms with Crippen LogP contribution in [0.25, 0.3) is 10.8 Å². The van der Waals surface area contributed by atoms with Gasteiger partial charge in [0, 0.05) is 24.7 Å². The third kappa shape index (κ3) is 3.26. The summed E-state index contributed by atoms with van der Waals surface area (Å²) in [6.45, 7) is 0.167. The van der Waals surface area contributed by atoms with Gasteiger partial charge in [-0.05, 0) is 35.0 Å². The number of H-pyrrole nitrogens is 1. The smallest absolute Gasteiger partial charge is 0.273 e. The number of benzene rings is 1. The third-order valence-electron chi connectivity index (χ3n) is 4.56. The summed E-state index contributed by atoms with van der Waals surface area (Å²) in [5.41, 5.74) is -0.494. The molecule has 0 bridgehead atoms. The van der Waals surface area contributed by atoms with Gasteiger partial charge in [0.05, 0.1) is 23.6 Å². The Kier molecular flexibility index (Phi) is 4.62. The topological polar surface area (TPSA) is 123 Å². The number of thiophene rings is 1. The highest BCUT2D eigenvalue weighted by Gasteiger charge is 2.33. The highest BCUT2D eigenvalue weighted by Crippen LogP contribution is 2.35. The van der Waals surface area contributed by atoms with Crippen molar-refractivity contribution in [2.75, 3.05) is 22.7 Å². The van der Waals surface area contributed by atoms with Crippen LogP contribution in [0.2, 0.25) is 0 Å². The summed E-state index contributed by atoms with van der Waals surface area (Å²) in [5, 5.41) is 21.5. The molecule has 3 heterocycles. The van der Waals surface area contributed by atoms with Crippen LogP contribution in [0.3, 0.4) is 0 Å². The summed E-state index contributed by atoms with van der Waals surface area (Å²) in [6.07, 6.45) is -0.578. The van der Waals surface area contributed by atoms with Gasteiger partial charge in [-0.25, -0.2) is 12.8 Å². The number of aromatic amines is 1. The first-order chi connectivity index (χ1) is 13.3. The van der Waals surface area contributed by atoms with E-state index in [9.17, 15) is 27.8 Å². The van der Waals surface area contributed by atoms with Crippen LogP contribution >= 0.6 is 11.3 Å². The Bertz CT molecular complexity index is 1200. The van der Waals surface area contributed by atoms with E-state index in [1.165, 1.54) is 12.3 Å². The number of sulfonamides is 1. The molecule has 0 radical (unpaired) electrons. The van der Waals surface area contributed by atoms with Crippen molar-refractivity contribution in [2.24, 2.45) is 0 Å². The zero-order chi connectivity index (χ0) is 20.1. The quantitative estimate of drug-likeness (QED) is 0.496. The van der Waals surface area contributed by atoms with E-state index in [1.807, 2.05) is 0 Å². The molecule has 1 saturated heterocycles. The molecular formula is C17H16FN3O5S2. The van der Waals surface area contributed by atoms with Crippen molar-refractivity contribution in [3.8, 4) is 0 Å². The number of fused-ring (bicyclic) bond motifs is 1. The number of aliphatic hydroxyl groups excluding tert-OH is 2. The van der Waals surface area contributed by atoms with Crippen LogP contribution in [-0.2, 0) is 10.0 Å². The fourth-order valence-electron chi connectivity index (χ4n) is 3.17. The van der Waals surface area contributed by atoms with Gasteiger partial charge in [-0.1, -0.05) is 0 Å². The molecule has 0 spiro atoms. The first-order valence-corrected chi connectivity index (χ1v) is 10.6. The molecule has 4 N–H and O–H groups in total. The maximum absolute atomic E-state index is 14.4. The molecule has 2 aromatic heterocycles. The monoisotopic (exact) mass is 425 g/mol. The molecule has 4 rings (SSSR count). The van der Waals surface area contributed by atoms with Crippen molar-refractivity contribution in [3.63, 3.8) is 0 Å². The van der Waals surface area contributed by atoms with E-state index in [1.54, 1.807) is 16.3 Å². The number of nitrogens with zero attached hydrogens (tertiary/aromatic N) is 1. The minimum absolute atomic E-state index is 0.0738. The lowest BCUT2D eigenvalue weighted by Crippen LogP contribution is -2.23. The SMILES string of the molecule is O=c1[nH]ccc2cc(F)c(NS(=O)(=O)c3sccc3N3CC(O)C(O)C3)cc12. The van der Waals surface area contributed by atoms with Crippen molar-refractivity contribution in [2.45, 2.75) is 16.4 Å². The van der Waals surface area contributed by atoms with Gasteiger partial charge in [0.2, 0.25) is 0 Å². The van der Waals surface area contributed by atoms with Crippen molar-refractivity contribution >= 4 is 43.5 Å². The summed E-state index contributed by atoms with van der Waals surface area (Å²) in [6, 6.07) is 5.31. The molecule has 0 amide bonds. The third-order valence-corrected chi connectivity index (χ3v) is 7.39. The van der Waals surface area contributed by atoms with Gasteiger partial charge in [0.25, 0.3) is 15.6 Å². The van der Waals surface area contributed by atoms with Gasteiger partial charge < -0.3 is 20.1 Å². The number of pyridine rings is 1. The molecule has 11 heteroatoms.